The highest BCUT2D eigenvalue weighted by atomic mass is 35.5. The second kappa shape index (κ2) is 5.79. The molecule has 0 radical (unpaired) electrons. The smallest absolute Gasteiger partial charge is 0.239 e. The molecule has 3 nitrogen and oxygen atoms in total. The third kappa shape index (κ3) is 2.53. The molecule has 0 aromatic carbocycles. The third-order valence-corrected chi connectivity index (χ3v) is 5.00. The van der Waals surface area contributed by atoms with E-state index in [1.165, 1.54) is 38.5 Å². The fraction of sp³-hybridized carbons (Fsp3) is 0.929. The van der Waals surface area contributed by atoms with Gasteiger partial charge in [-0.15, -0.1) is 12.4 Å². The quantitative estimate of drug-likeness (QED) is 0.795. The Morgan fingerprint density at radius 1 is 1.17 bits per heavy atom. The van der Waals surface area contributed by atoms with Gasteiger partial charge in [0.05, 0.1) is 6.04 Å². The Bertz CT molecular complexity index is 296. The summed E-state index contributed by atoms with van der Waals surface area (Å²) in [6.07, 6.45) is 8.78. The molecule has 1 saturated carbocycles. The van der Waals surface area contributed by atoms with Crippen LogP contribution >= 0.6 is 12.4 Å². The number of carbonyl (C=O) groups excluding carboxylic acids is 1. The maximum Gasteiger partial charge on any atom is 0.239 e. The SMILES string of the molecule is CC1CCCN1C(=O)C1CC2CCCCC2N1.Cl. The van der Waals surface area contributed by atoms with E-state index in [0.29, 0.717) is 18.0 Å². The van der Waals surface area contributed by atoms with Crippen molar-refractivity contribution < 1.29 is 4.79 Å². The number of amides is 1. The van der Waals surface area contributed by atoms with Crippen LogP contribution < -0.4 is 5.32 Å². The molecule has 0 aromatic heterocycles. The minimum atomic E-state index is 0. The van der Waals surface area contributed by atoms with Crippen molar-refractivity contribution in [1.82, 2.24) is 10.2 Å². The molecule has 0 bridgehead atoms. The van der Waals surface area contributed by atoms with Gasteiger partial charge < -0.3 is 10.2 Å². The molecular weight excluding hydrogens is 248 g/mol. The molecule has 1 aliphatic carbocycles. The Hall–Kier alpha value is -0.280. The monoisotopic (exact) mass is 272 g/mol. The zero-order chi connectivity index (χ0) is 11.8. The highest BCUT2D eigenvalue weighted by Gasteiger charge is 2.40. The molecule has 2 heterocycles. The first-order chi connectivity index (χ1) is 8.25. The molecule has 0 spiro atoms. The number of hydrogen-bond donors (Lipinski definition) is 1. The number of halogens is 1. The van der Waals surface area contributed by atoms with Gasteiger partial charge in [-0.3, -0.25) is 4.79 Å². The van der Waals surface area contributed by atoms with Crippen LogP contribution in [0.3, 0.4) is 0 Å². The first-order valence-corrected chi connectivity index (χ1v) is 7.32. The van der Waals surface area contributed by atoms with Gasteiger partial charge in [-0.2, -0.15) is 0 Å². The number of nitrogens with zero attached hydrogens (tertiary/aromatic N) is 1. The minimum Gasteiger partial charge on any atom is -0.339 e. The molecule has 1 amide bonds. The van der Waals surface area contributed by atoms with Gasteiger partial charge in [0.2, 0.25) is 5.91 Å². The second-order valence-corrected chi connectivity index (χ2v) is 6.13. The molecule has 4 unspecified atom stereocenters. The standard InChI is InChI=1S/C14H24N2O.ClH/c1-10-5-4-8-16(10)14(17)13-9-11-6-2-3-7-12(11)15-13;/h10-13,15H,2-9H2,1H3;1H. The van der Waals surface area contributed by atoms with Crippen LogP contribution in [0.25, 0.3) is 0 Å². The van der Waals surface area contributed by atoms with Gasteiger partial charge in [0, 0.05) is 18.6 Å². The Morgan fingerprint density at radius 3 is 2.61 bits per heavy atom. The number of likely N-dealkylation sites (tertiary alicyclic amines) is 1. The first-order valence-electron chi connectivity index (χ1n) is 7.32. The zero-order valence-electron chi connectivity index (χ0n) is 11.2. The van der Waals surface area contributed by atoms with Crippen LogP contribution in [-0.2, 0) is 4.79 Å². The highest BCUT2D eigenvalue weighted by molar-refractivity contribution is 5.85. The molecule has 2 saturated heterocycles. The van der Waals surface area contributed by atoms with Crippen LogP contribution in [-0.4, -0.2) is 35.5 Å². The predicted octanol–water partition coefficient (Wildman–Crippen LogP) is 2.34. The molecule has 18 heavy (non-hydrogen) atoms. The van der Waals surface area contributed by atoms with Gasteiger partial charge >= 0.3 is 0 Å². The minimum absolute atomic E-state index is 0. The highest BCUT2D eigenvalue weighted by Crippen LogP contribution is 2.34. The van der Waals surface area contributed by atoms with Crippen LogP contribution in [0.2, 0.25) is 0 Å². The Labute approximate surface area is 116 Å². The summed E-state index contributed by atoms with van der Waals surface area (Å²) in [6.45, 7) is 3.17. The van der Waals surface area contributed by atoms with Crippen LogP contribution in [0.1, 0.15) is 51.9 Å². The summed E-state index contributed by atoms with van der Waals surface area (Å²) < 4.78 is 0. The lowest BCUT2D eigenvalue weighted by molar-refractivity contribution is -0.133. The predicted molar refractivity (Wildman–Crippen MR) is 74.9 cm³/mol. The largest absolute Gasteiger partial charge is 0.339 e. The molecule has 4 atom stereocenters. The maximum absolute atomic E-state index is 12.5. The van der Waals surface area contributed by atoms with Crippen LogP contribution in [0.5, 0.6) is 0 Å². The van der Waals surface area contributed by atoms with Gasteiger partial charge in [-0.1, -0.05) is 12.8 Å². The summed E-state index contributed by atoms with van der Waals surface area (Å²) in [5.74, 6) is 1.15. The van der Waals surface area contributed by atoms with E-state index in [1.807, 2.05) is 0 Å². The van der Waals surface area contributed by atoms with E-state index in [1.54, 1.807) is 0 Å². The molecule has 1 N–H and O–H groups in total. The Kier molecular flexibility index (Phi) is 4.54. The lowest BCUT2D eigenvalue weighted by Gasteiger charge is -2.25. The van der Waals surface area contributed by atoms with Gasteiger partial charge in [-0.25, -0.2) is 0 Å². The first kappa shape index (κ1) is 14.1. The summed E-state index contributed by atoms with van der Waals surface area (Å²) in [4.78, 5) is 14.6. The fourth-order valence-corrected chi connectivity index (χ4v) is 3.97. The normalized spacial score (nSPS) is 39.3. The van der Waals surface area contributed by atoms with Crippen molar-refractivity contribution in [2.45, 2.75) is 70.0 Å². The molecule has 3 aliphatic rings. The van der Waals surface area contributed by atoms with Crippen molar-refractivity contribution in [2.75, 3.05) is 6.54 Å². The van der Waals surface area contributed by atoms with E-state index in [0.717, 1.165) is 18.9 Å². The van der Waals surface area contributed by atoms with E-state index in [9.17, 15) is 4.79 Å². The van der Waals surface area contributed by atoms with E-state index in [4.69, 9.17) is 0 Å². The summed E-state index contributed by atoms with van der Waals surface area (Å²) in [7, 11) is 0. The molecule has 3 fully saturated rings. The number of fused-ring (bicyclic) bond motifs is 1. The Balaban J connectivity index is 0.00000120. The molecular formula is C14H25ClN2O. The number of hydrogen-bond acceptors (Lipinski definition) is 2. The van der Waals surface area contributed by atoms with Gasteiger partial charge in [0.25, 0.3) is 0 Å². The van der Waals surface area contributed by atoms with Gasteiger partial charge in [0.15, 0.2) is 0 Å². The molecule has 104 valence electrons. The van der Waals surface area contributed by atoms with Crippen LogP contribution in [0.4, 0.5) is 0 Å². The lowest BCUT2D eigenvalue weighted by atomic mass is 9.85. The molecule has 3 rings (SSSR count). The summed E-state index contributed by atoms with van der Waals surface area (Å²) in [6, 6.07) is 1.23. The maximum atomic E-state index is 12.5. The van der Waals surface area contributed by atoms with E-state index in [-0.39, 0.29) is 18.4 Å². The summed E-state index contributed by atoms with van der Waals surface area (Å²) in [5.41, 5.74) is 0. The number of carbonyl (C=O) groups is 1. The molecule has 0 aromatic rings. The number of nitrogens with one attached hydrogen (secondary N) is 1. The fourth-order valence-electron chi connectivity index (χ4n) is 3.97. The van der Waals surface area contributed by atoms with E-state index < -0.39 is 0 Å². The zero-order valence-corrected chi connectivity index (χ0v) is 12.0. The third-order valence-electron chi connectivity index (χ3n) is 5.00. The Morgan fingerprint density at radius 2 is 1.94 bits per heavy atom. The average Bonchev–Trinajstić information content (AvgIpc) is 2.93. The van der Waals surface area contributed by atoms with Crippen molar-refractivity contribution in [3.8, 4) is 0 Å². The van der Waals surface area contributed by atoms with Gasteiger partial charge in [0.1, 0.15) is 0 Å². The number of rotatable bonds is 1. The van der Waals surface area contributed by atoms with Crippen molar-refractivity contribution in [3.63, 3.8) is 0 Å². The van der Waals surface area contributed by atoms with Crippen molar-refractivity contribution in [2.24, 2.45) is 5.92 Å². The van der Waals surface area contributed by atoms with Crippen LogP contribution in [0, 0.1) is 5.92 Å². The second-order valence-electron chi connectivity index (χ2n) is 6.13. The topological polar surface area (TPSA) is 32.3 Å². The summed E-state index contributed by atoms with van der Waals surface area (Å²) >= 11 is 0. The lowest BCUT2D eigenvalue weighted by Crippen LogP contribution is -2.46. The molecule has 4 heteroatoms. The van der Waals surface area contributed by atoms with E-state index >= 15 is 0 Å². The van der Waals surface area contributed by atoms with Gasteiger partial charge in [-0.05, 0) is 44.9 Å². The van der Waals surface area contributed by atoms with E-state index in [2.05, 4.69) is 17.1 Å². The molecule has 2 aliphatic heterocycles. The van der Waals surface area contributed by atoms with Crippen molar-refractivity contribution >= 4 is 18.3 Å². The summed E-state index contributed by atoms with van der Waals surface area (Å²) in [5, 5.41) is 3.60. The van der Waals surface area contributed by atoms with Crippen LogP contribution in [0.15, 0.2) is 0 Å². The average molecular weight is 273 g/mol. The van der Waals surface area contributed by atoms with Crippen molar-refractivity contribution in [3.05, 3.63) is 0 Å². The van der Waals surface area contributed by atoms with Crippen molar-refractivity contribution in [1.29, 1.82) is 0 Å².